The third kappa shape index (κ3) is 3.10. The lowest BCUT2D eigenvalue weighted by Gasteiger charge is -2.11. The molecule has 19 heavy (non-hydrogen) atoms. The average Bonchev–Trinajstić information content (AvgIpc) is 2.39. The van der Waals surface area contributed by atoms with Gasteiger partial charge in [0.1, 0.15) is 0 Å². The van der Waals surface area contributed by atoms with E-state index in [9.17, 15) is 10.1 Å². The molecule has 0 bridgehead atoms. The van der Waals surface area contributed by atoms with Gasteiger partial charge >= 0.3 is 0 Å². The molecule has 0 spiro atoms. The van der Waals surface area contributed by atoms with Crippen molar-refractivity contribution in [3.05, 3.63) is 69.3 Å². The summed E-state index contributed by atoms with van der Waals surface area (Å²) in [6.07, 6.45) is 0. The molecular formula is C15H16N2O2. The van der Waals surface area contributed by atoms with Crippen LogP contribution in [0.4, 0.5) is 11.4 Å². The Morgan fingerprint density at radius 1 is 1.11 bits per heavy atom. The molecule has 2 rings (SSSR count). The van der Waals surface area contributed by atoms with Gasteiger partial charge < -0.3 is 5.32 Å². The van der Waals surface area contributed by atoms with Gasteiger partial charge in [0.05, 0.1) is 4.92 Å². The number of rotatable bonds is 4. The summed E-state index contributed by atoms with van der Waals surface area (Å²) >= 11 is 0. The van der Waals surface area contributed by atoms with Crippen molar-refractivity contribution >= 4 is 11.4 Å². The van der Waals surface area contributed by atoms with Crippen molar-refractivity contribution in [2.45, 2.75) is 20.4 Å². The number of anilines is 1. The molecule has 0 aliphatic carbocycles. The van der Waals surface area contributed by atoms with Gasteiger partial charge in [-0.25, -0.2) is 0 Å². The molecule has 0 fully saturated rings. The van der Waals surface area contributed by atoms with Crippen molar-refractivity contribution < 1.29 is 4.92 Å². The summed E-state index contributed by atoms with van der Waals surface area (Å²) in [7, 11) is 0. The molecule has 0 aromatic heterocycles. The largest absolute Gasteiger partial charge is 0.381 e. The van der Waals surface area contributed by atoms with Crippen LogP contribution < -0.4 is 5.32 Å². The van der Waals surface area contributed by atoms with Crippen LogP contribution >= 0.6 is 0 Å². The fourth-order valence-electron chi connectivity index (χ4n) is 1.91. The minimum absolute atomic E-state index is 0.109. The summed E-state index contributed by atoms with van der Waals surface area (Å²) in [6.45, 7) is 4.65. The summed E-state index contributed by atoms with van der Waals surface area (Å²) < 4.78 is 0. The Labute approximate surface area is 112 Å². The second kappa shape index (κ2) is 5.52. The zero-order valence-electron chi connectivity index (χ0n) is 11.0. The molecule has 0 aliphatic heterocycles. The molecule has 0 amide bonds. The molecule has 0 unspecified atom stereocenters. The SMILES string of the molecule is Cc1ccccc1CNc1cc([N+](=O)[O-])ccc1C. The van der Waals surface area contributed by atoms with Crippen LogP contribution in [-0.2, 0) is 6.54 Å². The summed E-state index contributed by atoms with van der Waals surface area (Å²) in [5.74, 6) is 0. The maximum Gasteiger partial charge on any atom is 0.271 e. The molecule has 0 saturated heterocycles. The molecule has 2 aromatic carbocycles. The van der Waals surface area contributed by atoms with E-state index in [1.165, 1.54) is 17.2 Å². The number of hydrogen-bond acceptors (Lipinski definition) is 3. The van der Waals surface area contributed by atoms with E-state index in [0.717, 1.165) is 11.3 Å². The number of hydrogen-bond donors (Lipinski definition) is 1. The van der Waals surface area contributed by atoms with Crippen molar-refractivity contribution in [3.63, 3.8) is 0 Å². The van der Waals surface area contributed by atoms with E-state index >= 15 is 0 Å². The van der Waals surface area contributed by atoms with E-state index in [1.807, 2.05) is 19.1 Å². The van der Waals surface area contributed by atoms with Gasteiger partial charge in [-0.3, -0.25) is 10.1 Å². The zero-order chi connectivity index (χ0) is 13.8. The zero-order valence-corrected chi connectivity index (χ0v) is 11.0. The van der Waals surface area contributed by atoms with E-state index < -0.39 is 0 Å². The van der Waals surface area contributed by atoms with Gasteiger partial charge in [0.2, 0.25) is 0 Å². The second-order valence-corrected chi connectivity index (χ2v) is 4.54. The molecule has 1 N–H and O–H groups in total. The van der Waals surface area contributed by atoms with E-state index in [-0.39, 0.29) is 10.6 Å². The van der Waals surface area contributed by atoms with Gasteiger partial charge in [-0.2, -0.15) is 0 Å². The van der Waals surface area contributed by atoms with Gasteiger partial charge in [-0.15, -0.1) is 0 Å². The minimum atomic E-state index is -0.377. The third-order valence-corrected chi connectivity index (χ3v) is 3.16. The van der Waals surface area contributed by atoms with Crippen LogP contribution in [0.3, 0.4) is 0 Å². The number of nitrogens with zero attached hydrogens (tertiary/aromatic N) is 1. The normalized spacial score (nSPS) is 10.2. The highest BCUT2D eigenvalue weighted by atomic mass is 16.6. The Balaban J connectivity index is 2.17. The molecule has 0 atom stereocenters. The standard InChI is InChI=1S/C15H16N2O2/c1-11-5-3-4-6-13(11)10-16-15-9-14(17(18)19)8-7-12(15)2/h3-9,16H,10H2,1-2H3. The first-order valence-corrected chi connectivity index (χ1v) is 6.11. The number of nitro benzene ring substituents is 1. The Bertz CT molecular complexity index is 609. The average molecular weight is 256 g/mol. The predicted molar refractivity (Wildman–Crippen MR) is 76.3 cm³/mol. The predicted octanol–water partition coefficient (Wildman–Crippen LogP) is 3.82. The number of nitro groups is 1. The van der Waals surface area contributed by atoms with Crippen LogP contribution in [0, 0.1) is 24.0 Å². The smallest absolute Gasteiger partial charge is 0.271 e. The van der Waals surface area contributed by atoms with Gasteiger partial charge in [-0.1, -0.05) is 30.3 Å². The number of nitrogens with one attached hydrogen (secondary N) is 1. The summed E-state index contributed by atoms with van der Waals surface area (Å²) in [6, 6.07) is 13.0. The molecule has 0 radical (unpaired) electrons. The molecular weight excluding hydrogens is 240 g/mol. The van der Waals surface area contributed by atoms with Crippen molar-refractivity contribution in [2.75, 3.05) is 5.32 Å². The first kappa shape index (κ1) is 13.1. The van der Waals surface area contributed by atoms with Crippen molar-refractivity contribution in [2.24, 2.45) is 0 Å². The molecule has 4 nitrogen and oxygen atoms in total. The maximum absolute atomic E-state index is 10.8. The topological polar surface area (TPSA) is 55.2 Å². The highest BCUT2D eigenvalue weighted by Crippen LogP contribution is 2.22. The van der Waals surface area contributed by atoms with Crippen molar-refractivity contribution in [1.82, 2.24) is 0 Å². The second-order valence-electron chi connectivity index (χ2n) is 4.54. The molecule has 2 aromatic rings. The lowest BCUT2D eigenvalue weighted by molar-refractivity contribution is -0.384. The summed E-state index contributed by atoms with van der Waals surface area (Å²) in [5.41, 5.74) is 4.31. The highest BCUT2D eigenvalue weighted by molar-refractivity contribution is 5.57. The quantitative estimate of drug-likeness (QED) is 0.668. The third-order valence-electron chi connectivity index (χ3n) is 3.16. The van der Waals surface area contributed by atoms with Crippen LogP contribution in [0.15, 0.2) is 42.5 Å². The van der Waals surface area contributed by atoms with Crippen LogP contribution in [0.2, 0.25) is 0 Å². The van der Waals surface area contributed by atoms with E-state index in [2.05, 4.69) is 24.4 Å². The Morgan fingerprint density at radius 2 is 1.84 bits per heavy atom. The Kier molecular flexibility index (Phi) is 3.80. The van der Waals surface area contributed by atoms with Crippen molar-refractivity contribution in [1.29, 1.82) is 0 Å². The lowest BCUT2D eigenvalue weighted by atomic mass is 10.1. The van der Waals surface area contributed by atoms with E-state index in [1.54, 1.807) is 12.1 Å². The number of benzene rings is 2. The monoisotopic (exact) mass is 256 g/mol. The van der Waals surface area contributed by atoms with Crippen LogP contribution in [0.1, 0.15) is 16.7 Å². The molecule has 98 valence electrons. The van der Waals surface area contributed by atoms with Crippen molar-refractivity contribution in [3.8, 4) is 0 Å². The van der Waals surface area contributed by atoms with Gasteiger partial charge in [0.15, 0.2) is 0 Å². The molecule has 0 heterocycles. The van der Waals surface area contributed by atoms with E-state index in [4.69, 9.17) is 0 Å². The maximum atomic E-state index is 10.8. The molecule has 0 aliphatic rings. The number of aryl methyl sites for hydroxylation is 2. The first-order valence-electron chi connectivity index (χ1n) is 6.11. The number of non-ortho nitro benzene ring substituents is 1. The summed E-state index contributed by atoms with van der Waals surface area (Å²) in [4.78, 5) is 10.4. The van der Waals surface area contributed by atoms with Crippen LogP contribution in [-0.4, -0.2) is 4.92 Å². The van der Waals surface area contributed by atoms with Gasteiger partial charge in [0.25, 0.3) is 5.69 Å². The minimum Gasteiger partial charge on any atom is -0.381 e. The van der Waals surface area contributed by atoms with E-state index in [0.29, 0.717) is 6.54 Å². The van der Waals surface area contributed by atoms with Crippen LogP contribution in [0.25, 0.3) is 0 Å². The highest BCUT2D eigenvalue weighted by Gasteiger charge is 2.08. The van der Waals surface area contributed by atoms with Gasteiger partial charge in [-0.05, 0) is 30.5 Å². The molecule has 0 saturated carbocycles. The Morgan fingerprint density at radius 3 is 2.53 bits per heavy atom. The lowest BCUT2D eigenvalue weighted by Crippen LogP contribution is -2.03. The summed E-state index contributed by atoms with van der Waals surface area (Å²) in [5, 5.41) is 14.0. The first-order chi connectivity index (χ1) is 9.08. The Hall–Kier alpha value is -2.36. The fourth-order valence-corrected chi connectivity index (χ4v) is 1.91. The molecule has 4 heteroatoms. The van der Waals surface area contributed by atoms with Gasteiger partial charge in [0, 0.05) is 24.4 Å². The fraction of sp³-hybridized carbons (Fsp3) is 0.200. The van der Waals surface area contributed by atoms with Crippen LogP contribution in [0.5, 0.6) is 0 Å².